The number of carbonyl (C=O) groups excluding carboxylic acids is 1. The lowest BCUT2D eigenvalue weighted by Gasteiger charge is -2.26. The van der Waals surface area contributed by atoms with Gasteiger partial charge in [-0.15, -0.1) is 0 Å². The van der Waals surface area contributed by atoms with Gasteiger partial charge in [-0.05, 0) is 46.8 Å². The van der Waals surface area contributed by atoms with E-state index in [1.165, 1.54) is 4.31 Å². The van der Waals surface area contributed by atoms with Crippen LogP contribution in [0.5, 0.6) is 0 Å². The topological polar surface area (TPSA) is 83.5 Å². The number of amides is 1. The maximum Gasteiger partial charge on any atom is 0.265 e. The molecule has 0 aliphatic carbocycles. The standard InChI is InChI=1S/C24H20N4O3S/c29-23(27(15-18-9-12-25-13-10-18)16-19-4-3-11-26-14-19)17-28-21-7-1-5-20-6-2-8-22(24(20)21)32(28,30)31/h1-14H,15-17H2. The van der Waals surface area contributed by atoms with Gasteiger partial charge in [0.15, 0.2) is 0 Å². The molecule has 2 aromatic heterocycles. The minimum atomic E-state index is -3.81. The molecule has 1 aliphatic rings. The summed E-state index contributed by atoms with van der Waals surface area (Å²) in [7, 11) is -3.81. The van der Waals surface area contributed by atoms with Gasteiger partial charge in [-0.1, -0.05) is 30.3 Å². The van der Waals surface area contributed by atoms with Gasteiger partial charge in [0.2, 0.25) is 5.91 Å². The summed E-state index contributed by atoms with van der Waals surface area (Å²) in [5.74, 6) is -0.293. The zero-order chi connectivity index (χ0) is 22.1. The van der Waals surface area contributed by atoms with E-state index in [1.54, 1.807) is 47.9 Å². The molecule has 5 rings (SSSR count). The number of anilines is 1. The summed E-state index contributed by atoms with van der Waals surface area (Å²) in [5, 5.41) is 1.50. The highest BCUT2D eigenvalue weighted by Crippen LogP contribution is 2.41. The van der Waals surface area contributed by atoms with Crippen LogP contribution in [0.15, 0.2) is 90.3 Å². The fourth-order valence-electron chi connectivity index (χ4n) is 4.00. The molecular formula is C24H20N4O3S. The molecule has 4 aromatic rings. The number of benzene rings is 2. The molecule has 32 heavy (non-hydrogen) atoms. The van der Waals surface area contributed by atoms with Gasteiger partial charge in [-0.3, -0.25) is 19.1 Å². The Kier molecular flexibility index (Phi) is 5.07. The van der Waals surface area contributed by atoms with Crippen LogP contribution in [-0.2, 0) is 27.9 Å². The monoisotopic (exact) mass is 444 g/mol. The van der Waals surface area contributed by atoms with E-state index in [2.05, 4.69) is 9.97 Å². The molecule has 2 aromatic carbocycles. The van der Waals surface area contributed by atoms with Crippen LogP contribution >= 0.6 is 0 Å². The highest BCUT2D eigenvalue weighted by atomic mass is 32.2. The number of pyridine rings is 2. The number of aromatic nitrogens is 2. The molecule has 1 amide bonds. The van der Waals surface area contributed by atoms with Gasteiger partial charge in [-0.25, -0.2) is 8.42 Å². The molecule has 3 heterocycles. The lowest BCUT2D eigenvalue weighted by atomic mass is 10.1. The first-order valence-corrected chi connectivity index (χ1v) is 11.6. The van der Waals surface area contributed by atoms with Crippen molar-refractivity contribution >= 4 is 32.4 Å². The van der Waals surface area contributed by atoms with E-state index in [1.807, 2.05) is 42.5 Å². The summed E-state index contributed by atoms with van der Waals surface area (Å²) in [6.07, 6.45) is 6.72. The van der Waals surface area contributed by atoms with E-state index < -0.39 is 10.0 Å². The van der Waals surface area contributed by atoms with E-state index in [0.29, 0.717) is 24.2 Å². The number of sulfonamides is 1. The summed E-state index contributed by atoms with van der Waals surface area (Å²) in [5.41, 5.74) is 2.31. The molecule has 0 radical (unpaired) electrons. The second kappa shape index (κ2) is 8.05. The second-order valence-corrected chi connectivity index (χ2v) is 9.44. The number of carbonyl (C=O) groups is 1. The van der Waals surface area contributed by atoms with Crippen LogP contribution in [0, 0.1) is 0 Å². The van der Waals surface area contributed by atoms with Gasteiger partial charge in [0, 0.05) is 43.3 Å². The van der Waals surface area contributed by atoms with Crippen LogP contribution in [0.25, 0.3) is 10.8 Å². The predicted molar refractivity (Wildman–Crippen MR) is 121 cm³/mol. The van der Waals surface area contributed by atoms with E-state index in [4.69, 9.17) is 0 Å². The first kappa shape index (κ1) is 20.1. The minimum absolute atomic E-state index is 0.242. The predicted octanol–water partition coefficient (Wildman–Crippen LogP) is 3.37. The van der Waals surface area contributed by atoms with E-state index in [-0.39, 0.29) is 17.3 Å². The first-order valence-electron chi connectivity index (χ1n) is 10.1. The quantitative estimate of drug-likeness (QED) is 0.455. The summed E-state index contributed by atoms with van der Waals surface area (Å²) >= 11 is 0. The Hall–Kier alpha value is -3.78. The smallest absolute Gasteiger partial charge is 0.265 e. The zero-order valence-corrected chi connectivity index (χ0v) is 17.9. The van der Waals surface area contributed by atoms with Crippen molar-refractivity contribution in [2.75, 3.05) is 10.8 Å². The Labute approximate surface area is 186 Å². The Bertz CT molecular complexity index is 1350. The van der Waals surface area contributed by atoms with Crippen molar-refractivity contribution in [2.24, 2.45) is 0 Å². The van der Waals surface area contributed by atoms with Crippen molar-refractivity contribution in [3.63, 3.8) is 0 Å². The molecule has 0 saturated carbocycles. The van der Waals surface area contributed by atoms with E-state index >= 15 is 0 Å². The van der Waals surface area contributed by atoms with Crippen molar-refractivity contribution in [2.45, 2.75) is 18.0 Å². The van der Waals surface area contributed by atoms with Crippen molar-refractivity contribution < 1.29 is 13.2 Å². The average Bonchev–Trinajstić information content (AvgIpc) is 3.03. The maximum absolute atomic E-state index is 13.4. The third kappa shape index (κ3) is 3.58. The summed E-state index contributed by atoms with van der Waals surface area (Å²) in [6, 6.07) is 18.0. The first-order chi connectivity index (χ1) is 15.5. The van der Waals surface area contributed by atoms with Crippen molar-refractivity contribution in [1.82, 2.24) is 14.9 Å². The molecule has 0 atom stereocenters. The number of nitrogens with zero attached hydrogens (tertiary/aromatic N) is 4. The van der Waals surface area contributed by atoms with E-state index in [9.17, 15) is 13.2 Å². The lowest BCUT2D eigenvalue weighted by Crippen LogP contribution is -2.41. The molecule has 8 heteroatoms. The Morgan fingerprint density at radius 3 is 2.34 bits per heavy atom. The zero-order valence-electron chi connectivity index (χ0n) is 17.1. The largest absolute Gasteiger partial charge is 0.332 e. The molecular weight excluding hydrogens is 424 g/mol. The number of hydrogen-bond donors (Lipinski definition) is 0. The van der Waals surface area contributed by atoms with Gasteiger partial charge in [0.25, 0.3) is 10.0 Å². The van der Waals surface area contributed by atoms with Gasteiger partial charge < -0.3 is 4.90 Å². The molecule has 0 saturated heterocycles. The third-order valence-corrected chi connectivity index (χ3v) is 7.33. The van der Waals surface area contributed by atoms with Crippen molar-refractivity contribution in [1.29, 1.82) is 0 Å². The summed E-state index contributed by atoms with van der Waals surface area (Å²) in [4.78, 5) is 23.5. The van der Waals surface area contributed by atoms with Crippen LogP contribution in [0.3, 0.4) is 0 Å². The van der Waals surface area contributed by atoms with Crippen LogP contribution in [0.4, 0.5) is 5.69 Å². The molecule has 0 spiro atoms. The van der Waals surface area contributed by atoms with Crippen molar-refractivity contribution in [3.05, 3.63) is 96.6 Å². The van der Waals surface area contributed by atoms with E-state index in [0.717, 1.165) is 16.5 Å². The molecule has 0 bridgehead atoms. The second-order valence-electron chi connectivity index (χ2n) is 7.61. The fourth-order valence-corrected chi connectivity index (χ4v) is 5.66. The average molecular weight is 445 g/mol. The molecule has 160 valence electrons. The molecule has 0 fully saturated rings. The third-order valence-electron chi connectivity index (χ3n) is 5.53. The van der Waals surface area contributed by atoms with Crippen LogP contribution in [0.1, 0.15) is 11.1 Å². The Morgan fingerprint density at radius 1 is 0.844 bits per heavy atom. The SMILES string of the molecule is O=C(CN1c2cccc3cccc(c23)S1(=O)=O)N(Cc1ccncc1)Cc1cccnc1. The van der Waals surface area contributed by atoms with Gasteiger partial charge in [-0.2, -0.15) is 0 Å². The number of rotatable bonds is 6. The minimum Gasteiger partial charge on any atom is -0.332 e. The molecule has 0 N–H and O–H groups in total. The molecule has 1 aliphatic heterocycles. The Balaban J connectivity index is 1.47. The van der Waals surface area contributed by atoms with Crippen LogP contribution in [-0.4, -0.2) is 35.7 Å². The fraction of sp³-hybridized carbons (Fsp3) is 0.125. The van der Waals surface area contributed by atoms with Crippen LogP contribution < -0.4 is 4.31 Å². The van der Waals surface area contributed by atoms with Gasteiger partial charge >= 0.3 is 0 Å². The highest BCUT2D eigenvalue weighted by molar-refractivity contribution is 7.93. The van der Waals surface area contributed by atoms with Crippen molar-refractivity contribution in [3.8, 4) is 0 Å². The van der Waals surface area contributed by atoms with Gasteiger partial charge in [0.05, 0.1) is 10.6 Å². The highest BCUT2D eigenvalue weighted by Gasteiger charge is 2.37. The summed E-state index contributed by atoms with van der Waals surface area (Å²) in [6.45, 7) is 0.378. The van der Waals surface area contributed by atoms with Gasteiger partial charge in [0.1, 0.15) is 6.54 Å². The summed E-state index contributed by atoms with van der Waals surface area (Å²) < 4.78 is 27.8. The molecule has 7 nitrogen and oxygen atoms in total. The normalized spacial score (nSPS) is 13.9. The molecule has 0 unspecified atom stereocenters. The maximum atomic E-state index is 13.4. The Morgan fingerprint density at radius 2 is 1.59 bits per heavy atom. The lowest BCUT2D eigenvalue weighted by molar-refractivity contribution is -0.130. The van der Waals surface area contributed by atoms with Crippen LogP contribution in [0.2, 0.25) is 0 Å². The number of hydrogen-bond acceptors (Lipinski definition) is 5.